The van der Waals surface area contributed by atoms with E-state index in [0.717, 1.165) is 6.42 Å². The van der Waals surface area contributed by atoms with Crippen LogP contribution in [0.25, 0.3) is 0 Å². The van der Waals surface area contributed by atoms with Gasteiger partial charge in [-0.3, -0.25) is 4.79 Å². The van der Waals surface area contributed by atoms with Crippen LogP contribution in [0.3, 0.4) is 0 Å². The van der Waals surface area contributed by atoms with E-state index in [-0.39, 0.29) is 17.3 Å². The summed E-state index contributed by atoms with van der Waals surface area (Å²) in [5.74, 6) is -0.207. The second-order valence-corrected chi connectivity index (χ2v) is 4.05. The van der Waals surface area contributed by atoms with Crippen LogP contribution in [0.2, 0.25) is 0 Å². The topological polar surface area (TPSA) is 26.3 Å². The Bertz CT molecular complexity index is 138. The number of carbonyl (C=O) groups is 1. The molecule has 0 radical (unpaired) electrons. The van der Waals surface area contributed by atoms with Crippen molar-refractivity contribution in [2.45, 2.75) is 34.1 Å². The molecule has 66 valence electrons. The van der Waals surface area contributed by atoms with Gasteiger partial charge < -0.3 is 3.83 Å². The van der Waals surface area contributed by atoms with Crippen LogP contribution in [0, 0.1) is 11.3 Å². The van der Waals surface area contributed by atoms with Crippen LogP contribution < -0.4 is 0 Å². The van der Waals surface area contributed by atoms with Gasteiger partial charge in [0.25, 0.3) is 0 Å². The summed E-state index contributed by atoms with van der Waals surface area (Å²) in [4.78, 5) is 11.1. The molecule has 0 spiro atoms. The molecule has 0 aliphatic rings. The van der Waals surface area contributed by atoms with E-state index in [1.54, 1.807) is 0 Å². The Kier molecular flexibility index (Phi) is 4.08. The van der Waals surface area contributed by atoms with Crippen molar-refractivity contribution >= 4 is 22.2 Å². The molecule has 0 rings (SSSR count). The predicted molar refractivity (Wildman–Crippen MR) is 48.3 cm³/mol. The van der Waals surface area contributed by atoms with Crippen molar-refractivity contribution in [2.24, 2.45) is 11.3 Å². The number of hydrogen-bond donors (Lipinski definition) is 0. The molecule has 2 nitrogen and oxygen atoms in total. The molecular formula is C8H15BrO2. The Hall–Kier alpha value is -0.0500. The molecule has 0 bridgehead atoms. The van der Waals surface area contributed by atoms with Crippen LogP contribution in [-0.4, -0.2) is 5.97 Å². The highest BCUT2D eigenvalue weighted by Crippen LogP contribution is 2.29. The molecule has 0 aromatic heterocycles. The molecule has 0 heterocycles. The van der Waals surface area contributed by atoms with Gasteiger partial charge in [0.05, 0.1) is 5.92 Å². The lowest BCUT2D eigenvalue weighted by Crippen LogP contribution is -2.27. The second-order valence-electron chi connectivity index (χ2n) is 3.72. The Balaban J connectivity index is 4.29. The van der Waals surface area contributed by atoms with Crippen molar-refractivity contribution in [3.8, 4) is 0 Å². The average molecular weight is 223 g/mol. The smallest absolute Gasteiger partial charge is 0.320 e. The van der Waals surface area contributed by atoms with Crippen molar-refractivity contribution in [1.29, 1.82) is 0 Å². The fourth-order valence-corrected chi connectivity index (χ4v) is 1.41. The molecule has 0 N–H and O–H groups in total. The third-order valence-corrected chi connectivity index (χ3v) is 2.13. The van der Waals surface area contributed by atoms with Gasteiger partial charge in [-0.1, -0.05) is 27.7 Å². The first-order chi connectivity index (χ1) is 4.93. The van der Waals surface area contributed by atoms with Gasteiger partial charge in [-0.15, -0.1) is 0 Å². The fraction of sp³-hybridized carbons (Fsp3) is 0.875. The highest BCUT2D eigenvalue weighted by Gasteiger charge is 2.30. The van der Waals surface area contributed by atoms with E-state index in [0.29, 0.717) is 0 Å². The molecule has 0 fully saturated rings. The minimum Gasteiger partial charge on any atom is -0.383 e. The van der Waals surface area contributed by atoms with Crippen LogP contribution in [-0.2, 0) is 8.62 Å². The quantitative estimate of drug-likeness (QED) is 0.719. The first kappa shape index (κ1) is 11.0. The maximum absolute atomic E-state index is 11.1. The van der Waals surface area contributed by atoms with Crippen LogP contribution in [0.5, 0.6) is 0 Å². The summed E-state index contributed by atoms with van der Waals surface area (Å²) in [6.45, 7) is 8.08. The van der Waals surface area contributed by atoms with Gasteiger partial charge in [0, 0.05) is 0 Å². The number of carbonyl (C=O) groups excluding carboxylic acids is 1. The fourth-order valence-electron chi connectivity index (χ4n) is 1.19. The molecule has 0 saturated carbocycles. The number of rotatable bonds is 2. The van der Waals surface area contributed by atoms with Crippen molar-refractivity contribution in [3.63, 3.8) is 0 Å². The van der Waals surface area contributed by atoms with Gasteiger partial charge in [0.1, 0.15) is 0 Å². The SMILES string of the molecule is CCC(C(=O)OBr)C(C)(C)C. The van der Waals surface area contributed by atoms with Gasteiger partial charge in [-0.25, -0.2) is 0 Å². The molecule has 1 unspecified atom stereocenters. The summed E-state index contributed by atoms with van der Waals surface area (Å²) >= 11 is 2.70. The summed E-state index contributed by atoms with van der Waals surface area (Å²) in [5.41, 5.74) is -0.0143. The summed E-state index contributed by atoms with van der Waals surface area (Å²) in [7, 11) is 0. The Morgan fingerprint density at radius 2 is 2.00 bits per heavy atom. The molecule has 0 aromatic rings. The molecule has 0 aromatic carbocycles. The van der Waals surface area contributed by atoms with Gasteiger partial charge in [0.15, 0.2) is 16.3 Å². The van der Waals surface area contributed by atoms with Crippen molar-refractivity contribution in [1.82, 2.24) is 0 Å². The summed E-state index contributed by atoms with van der Waals surface area (Å²) in [6.07, 6.45) is 0.813. The van der Waals surface area contributed by atoms with Crippen LogP contribution in [0.15, 0.2) is 0 Å². The first-order valence-corrected chi connectivity index (χ1v) is 4.40. The molecular weight excluding hydrogens is 208 g/mol. The van der Waals surface area contributed by atoms with E-state index in [1.807, 2.05) is 27.7 Å². The highest BCUT2D eigenvalue weighted by molar-refractivity contribution is 9.06. The average Bonchev–Trinajstić information content (AvgIpc) is 1.86. The van der Waals surface area contributed by atoms with Crippen LogP contribution in [0.4, 0.5) is 0 Å². The van der Waals surface area contributed by atoms with Crippen molar-refractivity contribution in [2.75, 3.05) is 0 Å². The van der Waals surface area contributed by atoms with Gasteiger partial charge in [-0.2, -0.15) is 0 Å². The molecule has 1 atom stereocenters. The molecule has 0 saturated heterocycles. The van der Waals surface area contributed by atoms with Crippen LogP contribution in [0.1, 0.15) is 34.1 Å². The maximum atomic E-state index is 11.1. The summed E-state index contributed by atoms with van der Waals surface area (Å²) in [5, 5.41) is 0. The molecule has 3 heteroatoms. The van der Waals surface area contributed by atoms with E-state index >= 15 is 0 Å². The monoisotopic (exact) mass is 222 g/mol. The zero-order valence-corrected chi connectivity index (χ0v) is 9.06. The lowest BCUT2D eigenvalue weighted by molar-refractivity contribution is -0.140. The second kappa shape index (κ2) is 4.10. The van der Waals surface area contributed by atoms with Gasteiger partial charge in [-0.05, 0) is 11.8 Å². The molecule has 0 amide bonds. The summed E-state index contributed by atoms with van der Waals surface area (Å²) < 4.78 is 4.50. The molecule has 0 aliphatic heterocycles. The molecule has 11 heavy (non-hydrogen) atoms. The van der Waals surface area contributed by atoms with Crippen molar-refractivity contribution in [3.05, 3.63) is 0 Å². The Morgan fingerprint density at radius 1 is 1.55 bits per heavy atom. The van der Waals surface area contributed by atoms with E-state index < -0.39 is 0 Å². The summed E-state index contributed by atoms with van der Waals surface area (Å²) in [6, 6.07) is 0. The Labute approximate surface area is 76.8 Å². The normalized spacial score (nSPS) is 14.3. The molecule has 0 aliphatic carbocycles. The predicted octanol–water partition coefficient (Wildman–Crippen LogP) is 2.91. The van der Waals surface area contributed by atoms with E-state index in [4.69, 9.17) is 0 Å². The zero-order chi connectivity index (χ0) is 9.07. The lowest BCUT2D eigenvalue weighted by atomic mass is 9.79. The number of halogens is 1. The van der Waals surface area contributed by atoms with E-state index in [2.05, 4.69) is 20.1 Å². The van der Waals surface area contributed by atoms with Gasteiger partial charge in [0.2, 0.25) is 0 Å². The van der Waals surface area contributed by atoms with Crippen LogP contribution >= 0.6 is 16.3 Å². The largest absolute Gasteiger partial charge is 0.383 e. The number of hydrogen-bond acceptors (Lipinski definition) is 2. The zero-order valence-electron chi connectivity index (χ0n) is 7.48. The third-order valence-electron chi connectivity index (χ3n) is 1.81. The standard InChI is InChI=1S/C8H15BrO2/c1-5-6(7(10)11-9)8(2,3)4/h6H,5H2,1-4H3. The maximum Gasteiger partial charge on any atom is 0.320 e. The third kappa shape index (κ3) is 3.23. The minimum absolute atomic E-state index is 0.0143. The van der Waals surface area contributed by atoms with E-state index in [9.17, 15) is 4.79 Å². The van der Waals surface area contributed by atoms with Crippen molar-refractivity contribution < 1.29 is 8.62 Å². The van der Waals surface area contributed by atoms with Gasteiger partial charge >= 0.3 is 5.97 Å². The first-order valence-electron chi connectivity index (χ1n) is 3.76. The highest BCUT2D eigenvalue weighted by atomic mass is 79.9. The lowest BCUT2D eigenvalue weighted by Gasteiger charge is -2.26. The minimum atomic E-state index is -0.181. The Morgan fingerprint density at radius 3 is 2.09 bits per heavy atom. The van der Waals surface area contributed by atoms with E-state index in [1.165, 1.54) is 0 Å².